The van der Waals surface area contributed by atoms with E-state index in [-0.39, 0.29) is 6.04 Å². The summed E-state index contributed by atoms with van der Waals surface area (Å²) in [5.74, 6) is 0.950. The highest BCUT2D eigenvalue weighted by Gasteiger charge is 2.14. The maximum absolute atomic E-state index is 6.02. The number of anilines is 1. The second-order valence-corrected chi connectivity index (χ2v) is 4.54. The number of rotatable bonds is 5. The molecular weight excluding hydrogens is 236 g/mol. The van der Waals surface area contributed by atoms with Crippen molar-refractivity contribution in [1.82, 2.24) is 9.97 Å². The van der Waals surface area contributed by atoms with E-state index >= 15 is 0 Å². The second kappa shape index (κ2) is 6.29. The molecule has 1 unspecified atom stereocenters. The van der Waals surface area contributed by atoms with Crippen LogP contribution in [0.2, 0.25) is 0 Å². The minimum atomic E-state index is -0.0264. The SMILES string of the molecule is CCN(Cc1ccccn1)c1ncccc1C(C)N. The van der Waals surface area contributed by atoms with Gasteiger partial charge in [0.2, 0.25) is 0 Å². The summed E-state index contributed by atoms with van der Waals surface area (Å²) < 4.78 is 0. The Kier molecular flexibility index (Phi) is 4.47. The van der Waals surface area contributed by atoms with Crippen LogP contribution < -0.4 is 10.6 Å². The van der Waals surface area contributed by atoms with Crippen LogP contribution in [0.5, 0.6) is 0 Å². The molecule has 2 heterocycles. The third-order valence-electron chi connectivity index (χ3n) is 3.07. The van der Waals surface area contributed by atoms with E-state index in [2.05, 4.69) is 21.8 Å². The predicted octanol–water partition coefficient (Wildman–Crippen LogP) is 2.52. The summed E-state index contributed by atoms with van der Waals surface area (Å²) in [5.41, 5.74) is 8.12. The Morgan fingerprint density at radius 3 is 2.58 bits per heavy atom. The number of pyridine rings is 2. The Labute approximate surface area is 114 Å². The molecule has 4 nitrogen and oxygen atoms in total. The highest BCUT2D eigenvalue weighted by Crippen LogP contribution is 2.23. The van der Waals surface area contributed by atoms with E-state index in [0.717, 1.165) is 30.2 Å². The molecule has 4 heteroatoms. The zero-order valence-corrected chi connectivity index (χ0v) is 11.5. The normalized spacial score (nSPS) is 12.2. The van der Waals surface area contributed by atoms with Gasteiger partial charge in [0.15, 0.2) is 0 Å². The Balaban J connectivity index is 2.27. The van der Waals surface area contributed by atoms with Gasteiger partial charge in [0.25, 0.3) is 0 Å². The lowest BCUT2D eigenvalue weighted by molar-refractivity contribution is 0.753. The van der Waals surface area contributed by atoms with E-state index in [4.69, 9.17) is 5.73 Å². The van der Waals surface area contributed by atoms with Crippen molar-refractivity contribution in [2.45, 2.75) is 26.4 Å². The minimum absolute atomic E-state index is 0.0264. The molecule has 0 saturated heterocycles. The van der Waals surface area contributed by atoms with Crippen molar-refractivity contribution in [3.8, 4) is 0 Å². The molecule has 100 valence electrons. The minimum Gasteiger partial charge on any atom is -0.351 e. The summed E-state index contributed by atoms with van der Waals surface area (Å²) in [6.07, 6.45) is 3.62. The first-order valence-corrected chi connectivity index (χ1v) is 6.57. The quantitative estimate of drug-likeness (QED) is 0.893. The van der Waals surface area contributed by atoms with Gasteiger partial charge in [-0.15, -0.1) is 0 Å². The van der Waals surface area contributed by atoms with Crippen molar-refractivity contribution in [2.24, 2.45) is 5.73 Å². The van der Waals surface area contributed by atoms with E-state index in [1.165, 1.54) is 0 Å². The zero-order chi connectivity index (χ0) is 13.7. The number of nitrogens with zero attached hydrogens (tertiary/aromatic N) is 3. The first kappa shape index (κ1) is 13.5. The monoisotopic (exact) mass is 256 g/mol. The number of hydrogen-bond donors (Lipinski definition) is 1. The van der Waals surface area contributed by atoms with Crippen LogP contribution in [0.15, 0.2) is 42.7 Å². The van der Waals surface area contributed by atoms with Gasteiger partial charge < -0.3 is 10.6 Å². The van der Waals surface area contributed by atoms with Gasteiger partial charge in [0.1, 0.15) is 5.82 Å². The summed E-state index contributed by atoms with van der Waals surface area (Å²) in [5, 5.41) is 0. The van der Waals surface area contributed by atoms with Crippen LogP contribution in [-0.4, -0.2) is 16.5 Å². The molecule has 0 spiro atoms. The van der Waals surface area contributed by atoms with Gasteiger partial charge in [0, 0.05) is 30.5 Å². The van der Waals surface area contributed by atoms with Gasteiger partial charge in [-0.05, 0) is 32.0 Å². The van der Waals surface area contributed by atoms with Crippen LogP contribution in [0.1, 0.15) is 31.1 Å². The van der Waals surface area contributed by atoms with Gasteiger partial charge in [-0.2, -0.15) is 0 Å². The zero-order valence-electron chi connectivity index (χ0n) is 11.5. The first-order valence-electron chi connectivity index (χ1n) is 6.57. The van der Waals surface area contributed by atoms with Crippen molar-refractivity contribution in [1.29, 1.82) is 0 Å². The van der Waals surface area contributed by atoms with Crippen molar-refractivity contribution in [2.75, 3.05) is 11.4 Å². The summed E-state index contributed by atoms with van der Waals surface area (Å²) in [6.45, 7) is 5.71. The Hall–Kier alpha value is -1.94. The average Bonchev–Trinajstić information content (AvgIpc) is 2.46. The summed E-state index contributed by atoms with van der Waals surface area (Å²) in [4.78, 5) is 11.0. The van der Waals surface area contributed by atoms with E-state index in [1.54, 1.807) is 0 Å². The van der Waals surface area contributed by atoms with Crippen molar-refractivity contribution >= 4 is 5.82 Å². The summed E-state index contributed by atoms with van der Waals surface area (Å²) in [7, 11) is 0. The van der Waals surface area contributed by atoms with E-state index < -0.39 is 0 Å². The van der Waals surface area contributed by atoms with Crippen LogP contribution in [-0.2, 0) is 6.54 Å². The third kappa shape index (κ3) is 3.29. The van der Waals surface area contributed by atoms with Crippen LogP contribution in [0, 0.1) is 0 Å². The molecule has 0 fully saturated rings. The molecule has 0 radical (unpaired) electrons. The van der Waals surface area contributed by atoms with Crippen molar-refractivity contribution < 1.29 is 0 Å². The number of nitrogens with two attached hydrogens (primary N) is 1. The second-order valence-electron chi connectivity index (χ2n) is 4.54. The molecule has 0 amide bonds. The Morgan fingerprint density at radius 1 is 1.16 bits per heavy atom. The maximum Gasteiger partial charge on any atom is 0.133 e. The van der Waals surface area contributed by atoms with Gasteiger partial charge >= 0.3 is 0 Å². The highest BCUT2D eigenvalue weighted by atomic mass is 15.2. The fraction of sp³-hybridized carbons (Fsp3) is 0.333. The molecular formula is C15H20N4. The van der Waals surface area contributed by atoms with Crippen LogP contribution >= 0.6 is 0 Å². The van der Waals surface area contributed by atoms with Crippen LogP contribution in [0.25, 0.3) is 0 Å². The molecule has 2 rings (SSSR count). The predicted molar refractivity (Wildman–Crippen MR) is 77.8 cm³/mol. The van der Waals surface area contributed by atoms with E-state index in [9.17, 15) is 0 Å². The lowest BCUT2D eigenvalue weighted by Crippen LogP contribution is -2.26. The molecule has 0 aliphatic rings. The van der Waals surface area contributed by atoms with Gasteiger partial charge in [0.05, 0.1) is 12.2 Å². The molecule has 2 aromatic rings. The van der Waals surface area contributed by atoms with Crippen LogP contribution in [0.4, 0.5) is 5.82 Å². The van der Waals surface area contributed by atoms with Crippen LogP contribution in [0.3, 0.4) is 0 Å². The maximum atomic E-state index is 6.02. The van der Waals surface area contributed by atoms with Gasteiger partial charge in [-0.1, -0.05) is 12.1 Å². The molecule has 0 aliphatic carbocycles. The van der Waals surface area contributed by atoms with Crippen molar-refractivity contribution in [3.05, 3.63) is 54.0 Å². The summed E-state index contributed by atoms with van der Waals surface area (Å²) in [6, 6.07) is 9.89. The van der Waals surface area contributed by atoms with Crippen molar-refractivity contribution in [3.63, 3.8) is 0 Å². The largest absolute Gasteiger partial charge is 0.351 e. The number of hydrogen-bond acceptors (Lipinski definition) is 4. The molecule has 0 aliphatic heterocycles. The fourth-order valence-electron chi connectivity index (χ4n) is 2.05. The number of aromatic nitrogens is 2. The van der Waals surface area contributed by atoms with Gasteiger partial charge in [-0.25, -0.2) is 4.98 Å². The molecule has 2 N–H and O–H groups in total. The average molecular weight is 256 g/mol. The summed E-state index contributed by atoms with van der Waals surface area (Å²) >= 11 is 0. The van der Waals surface area contributed by atoms with E-state index in [0.29, 0.717) is 0 Å². The molecule has 0 bridgehead atoms. The smallest absolute Gasteiger partial charge is 0.133 e. The highest BCUT2D eigenvalue weighted by molar-refractivity contribution is 5.48. The topological polar surface area (TPSA) is 55.0 Å². The molecule has 1 atom stereocenters. The Bertz CT molecular complexity index is 511. The molecule has 0 saturated carbocycles. The third-order valence-corrected chi connectivity index (χ3v) is 3.07. The Morgan fingerprint density at radius 2 is 1.95 bits per heavy atom. The van der Waals surface area contributed by atoms with E-state index in [1.807, 2.05) is 49.6 Å². The molecule has 2 aromatic heterocycles. The molecule has 19 heavy (non-hydrogen) atoms. The molecule has 0 aromatic carbocycles. The lowest BCUT2D eigenvalue weighted by atomic mass is 10.1. The van der Waals surface area contributed by atoms with Gasteiger partial charge in [-0.3, -0.25) is 4.98 Å². The lowest BCUT2D eigenvalue weighted by Gasteiger charge is -2.25. The fourth-order valence-corrected chi connectivity index (χ4v) is 2.05. The standard InChI is InChI=1S/C15H20N4/c1-3-19(11-13-7-4-5-9-17-13)15-14(12(2)16)8-6-10-18-15/h4-10,12H,3,11,16H2,1-2H3. The first-order chi connectivity index (χ1) is 9.22.